The first-order chi connectivity index (χ1) is 13.3. The van der Waals surface area contributed by atoms with Crippen molar-refractivity contribution < 1.29 is 19.4 Å². The Bertz CT molecular complexity index is 920. The van der Waals surface area contributed by atoms with E-state index in [1.54, 1.807) is 42.5 Å². The second-order valence-corrected chi connectivity index (χ2v) is 7.53. The van der Waals surface area contributed by atoms with Crippen LogP contribution in [0, 0.1) is 0 Å². The van der Waals surface area contributed by atoms with Gasteiger partial charge in [0.2, 0.25) is 0 Å². The van der Waals surface area contributed by atoms with Gasteiger partial charge in [-0.1, -0.05) is 28.9 Å². The molecular formula is C20H22BrN3O4. The molecular weight excluding hydrogens is 426 g/mol. The molecule has 3 N–H and O–H groups in total. The molecule has 8 heteroatoms. The Balaban J connectivity index is 2.20. The van der Waals surface area contributed by atoms with Crippen molar-refractivity contribution in [2.45, 2.75) is 32.0 Å². The van der Waals surface area contributed by atoms with Gasteiger partial charge in [0.1, 0.15) is 5.75 Å². The summed E-state index contributed by atoms with van der Waals surface area (Å²) in [6.07, 6.45) is 0.679. The molecule has 28 heavy (non-hydrogen) atoms. The lowest BCUT2D eigenvalue weighted by Gasteiger charge is -2.43. The summed E-state index contributed by atoms with van der Waals surface area (Å²) in [5.41, 5.74) is -1.28. The third-order valence-corrected chi connectivity index (χ3v) is 5.24. The van der Waals surface area contributed by atoms with Crippen LogP contribution >= 0.6 is 15.9 Å². The number of halogens is 1. The lowest BCUT2D eigenvalue weighted by Crippen LogP contribution is -2.63. The Kier molecular flexibility index (Phi) is 5.62. The number of benzene rings is 2. The van der Waals surface area contributed by atoms with Gasteiger partial charge in [-0.25, -0.2) is 4.79 Å². The minimum atomic E-state index is -2.24. The van der Waals surface area contributed by atoms with Crippen LogP contribution in [0.2, 0.25) is 0 Å². The molecule has 0 radical (unpaired) electrons. The van der Waals surface area contributed by atoms with Crippen molar-refractivity contribution in [1.29, 1.82) is 0 Å². The maximum atomic E-state index is 13.2. The van der Waals surface area contributed by atoms with E-state index in [1.807, 2.05) is 13.8 Å². The van der Waals surface area contributed by atoms with E-state index in [1.165, 1.54) is 7.11 Å². The standard InChI is InChI=1S/C20H22BrN3O4/c1-4-12(2)22-18(25)20(27)16-10-13(21)8-9-17(16)23-19(26)24(20)14-6-5-7-15(11-14)28-3/h5-12,27H,4H2,1-3H3,(H,22,25)(H,23,26)/t12-,20-/m0/s1. The minimum absolute atomic E-state index is 0.177. The summed E-state index contributed by atoms with van der Waals surface area (Å²) in [4.78, 5) is 27.2. The zero-order chi connectivity index (χ0) is 20.5. The molecule has 0 saturated carbocycles. The fourth-order valence-electron chi connectivity index (χ4n) is 3.06. The van der Waals surface area contributed by atoms with Crippen molar-refractivity contribution in [1.82, 2.24) is 5.32 Å². The van der Waals surface area contributed by atoms with Crippen molar-refractivity contribution in [2.24, 2.45) is 0 Å². The lowest BCUT2D eigenvalue weighted by atomic mass is 9.94. The molecule has 2 aromatic rings. The number of methoxy groups -OCH3 is 1. The van der Waals surface area contributed by atoms with Gasteiger partial charge in [0.25, 0.3) is 11.6 Å². The Labute approximate surface area is 171 Å². The average molecular weight is 448 g/mol. The van der Waals surface area contributed by atoms with E-state index in [0.29, 0.717) is 28.0 Å². The van der Waals surface area contributed by atoms with Gasteiger partial charge < -0.3 is 20.5 Å². The molecule has 2 atom stereocenters. The molecule has 1 aliphatic heterocycles. The topological polar surface area (TPSA) is 90.9 Å². The predicted octanol–water partition coefficient (Wildman–Crippen LogP) is 3.57. The summed E-state index contributed by atoms with van der Waals surface area (Å²) in [5, 5.41) is 17.2. The summed E-state index contributed by atoms with van der Waals surface area (Å²) in [5.74, 6) is -0.186. The Hall–Kier alpha value is -2.58. The van der Waals surface area contributed by atoms with E-state index in [-0.39, 0.29) is 11.6 Å². The van der Waals surface area contributed by atoms with E-state index in [2.05, 4.69) is 26.6 Å². The number of aliphatic hydroxyl groups is 1. The van der Waals surface area contributed by atoms with E-state index in [0.717, 1.165) is 4.90 Å². The fraction of sp³-hybridized carbons (Fsp3) is 0.300. The van der Waals surface area contributed by atoms with Gasteiger partial charge >= 0.3 is 6.03 Å². The number of amides is 3. The molecule has 7 nitrogen and oxygen atoms in total. The number of carbonyl (C=O) groups excluding carboxylic acids is 2. The molecule has 0 bridgehead atoms. The molecule has 148 valence electrons. The first-order valence-corrected chi connectivity index (χ1v) is 9.69. The number of ether oxygens (including phenoxy) is 1. The minimum Gasteiger partial charge on any atom is -0.497 e. The largest absolute Gasteiger partial charge is 0.497 e. The highest BCUT2D eigenvalue weighted by Gasteiger charge is 2.52. The van der Waals surface area contributed by atoms with Gasteiger partial charge in [-0.3, -0.25) is 9.69 Å². The van der Waals surface area contributed by atoms with Gasteiger partial charge in [0, 0.05) is 22.1 Å². The third-order valence-electron chi connectivity index (χ3n) is 4.74. The fourth-order valence-corrected chi connectivity index (χ4v) is 3.42. The van der Waals surface area contributed by atoms with Gasteiger partial charge in [0.15, 0.2) is 0 Å². The summed E-state index contributed by atoms with van der Waals surface area (Å²) in [6, 6.07) is 10.8. The Morgan fingerprint density at radius 3 is 2.79 bits per heavy atom. The zero-order valence-electron chi connectivity index (χ0n) is 15.8. The van der Waals surface area contributed by atoms with E-state index >= 15 is 0 Å². The Morgan fingerprint density at radius 2 is 2.11 bits per heavy atom. The van der Waals surface area contributed by atoms with Gasteiger partial charge in [-0.15, -0.1) is 0 Å². The van der Waals surface area contributed by atoms with Gasteiger partial charge in [0.05, 0.1) is 18.5 Å². The first-order valence-electron chi connectivity index (χ1n) is 8.89. The van der Waals surface area contributed by atoms with E-state index < -0.39 is 17.7 Å². The monoisotopic (exact) mass is 447 g/mol. The van der Waals surface area contributed by atoms with E-state index in [4.69, 9.17) is 4.74 Å². The highest BCUT2D eigenvalue weighted by atomic mass is 79.9. The van der Waals surface area contributed by atoms with Crippen molar-refractivity contribution >= 4 is 39.2 Å². The normalized spacial score (nSPS) is 19.5. The molecule has 1 heterocycles. The van der Waals surface area contributed by atoms with Crippen LogP contribution < -0.4 is 20.3 Å². The second kappa shape index (κ2) is 7.81. The van der Waals surface area contributed by atoms with Crippen LogP contribution in [0.25, 0.3) is 0 Å². The van der Waals surface area contributed by atoms with E-state index in [9.17, 15) is 14.7 Å². The number of nitrogens with one attached hydrogen (secondary N) is 2. The molecule has 1 aliphatic rings. The summed E-state index contributed by atoms with van der Waals surface area (Å²) in [7, 11) is 1.50. The summed E-state index contributed by atoms with van der Waals surface area (Å²) < 4.78 is 5.90. The molecule has 0 unspecified atom stereocenters. The molecule has 0 aromatic heterocycles. The van der Waals surface area contributed by atoms with Crippen LogP contribution in [0.3, 0.4) is 0 Å². The van der Waals surface area contributed by atoms with Crippen molar-refractivity contribution in [3.63, 3.8) is 0 Å². The second-order valence-electron chi connectivity index (χ2n) is 6.61. The maximum absolute atomic E-state index is 13.2. The number of urea groups is 1. The quantitative estimate of drug-likeness (QED) is 0.653. The van der Waals surface area contributed by atoms with Crippen LogP contribution in [0.5, 0.6) is 5.75 Å². The SMILES string of the molecule is CC[C@H](C)NC(=O)[C@@]1(O)c2cc(Br)ccc2NC(=O)N1c1cccc(OC)c1. The zero-order valence-corrected chi connectivity index (χ0v) is 17.4. The molecule has 0 saturated heterocycles. The smallest absolute Gasteiger partial charge is 0.329 e. The first kappa shape index (κ1) is 20.2. The van der Waals surface area contributed by atoms with Crippen LogP contribution in [0.1, 0.15) is 25.8 Å². The third kappa shape index (κ3) is 3.45. The summed E-state index contributed by atoms with van der Waals surface area (Å²) in [6.45, 7) is 3.76. The molecule has 2 aromatic carbocycles. The van der Waals surface area contributed by atoms with Crippen molar-refractivity contribution in [2.75, 3.05) is 17.3 Å². The highest BCUT2D eigenvalue weighted by Crippen LogP contribution is 2.41. The maximum Gasteiger partial charge on any atom is 0.329 e. The molecule has 3 amide bonds. The lowest BCUT2D eigenvalue weighted by molar-refractivity contribution is -0.140. The number of fused-ring (bicyclic) bond motifs is 1. The van der Waals surface area contributed by atoms with Crippen LogP contribution in [0.4, 0.5) is 16.2 Å². The van der Waals surface area contributed by atoms with Crippen molar-refractivity contribution in [3.05, 3.63) is 52.5 Å². The number of rotatable bonds is 5. The summed E-state index contributed by atoms with van der Waals surface area (Å²) >= 11 is 3.38. The molecule has 0 aliphatic carbocycles. The molecule has 3 rings (SSSR count). The number of anilines is 2. The van der Waals surface area contributed by atoms with Gasteiger partial charge in [-0.2, -0.15) is 0 Å². The van der Waals surface area contributed by atoms with Crippen LogP contribution in [-0.4, -0.2) is 30.2 Å². The number of nitrogens with zero attached hydrogens (tertiary/aromatic N) is 1. The average Bonchev–Trinajstić information content (AvgIpc) is 2.68. The highest BCUT2D eigenvalue weighted by molar-refractivity contribution is 9.10. The Morgan fingerprint density at radius 1 is 1.36 bits per heavy atom. The van der Waals surface area contributed by atoms with Gasteiger partial charge in [-0.05, 0) is 43.7 Å². The van der Waals surface area contributed by atoms with Crippen molar-refractivity contribution in [3.8, 4) is 5.75 Å². The van der Waals surface area contributed by atoms with Crippen LogP contribution in [-0.2, 0) is 10.5 Å². The molecule has 0 spiro atoms. The number of hydrogen-bond acceptors (Lipinski definition) is 4. The number of hydrogen-bond donors (Lipinski definition) is 3. The number of carbonyl (C=O) groups is 2. The molecule has 0 fully saturated rings. The van der Waals surface area contributed by atoms with Crippen LogP contribution in [0.15, 0.2) is 46.9 Å². The predicted molar refractivity (Wildman–Crippen MR) is 110 cm³/mol.